The van der Waals surface area contributed by atoms with Crippen molar-refractivity contribution >= 4 is 27.5 Å². The lowest BCUT2D eigenvalue weighted by molar-refractivity contribution is -0.130. The molecule has 2 bridgehead atoms. The number of phenolic OH excluding ortho intramolecular Hbond substituents is 1. The number of hydrogen-bond acceptors (Lipinski definition) is 6. The molecule has 5 rings (SSSR count). The third-order valence-corrected chi connectivity index (χ3v) is 8.97. The van der Waals surface area contributed by atoms with Crippen LogP contribution in [0.1, 0.15) is 49.7 Å². The number of nitrogens with one attached hydrogen (secondary N) is 3. The zero-order chi connectivity index (χ0) is 28.6. The van der Waals surface area contributed by atoms with Gasteiger partial charge in [0.2, 0.25) is 5.91 Å². The van der Waals surface area contributed by atoms with Gasteiger partial charge in [-0.15, -0.1) is 5.73 Å². The molecule has 0 spiro atoms. The molecular weight excluding hydrogens is 539 g/mol. The van der Waals surface area contributed by atoms with Crippen LogP contribution >= 0.6 is 11.3 Å². The number of carbonyl (C=O) groups is 1. The van der Waals surface area contributed by atoms with Gasteiger partial charge in [0.1, 0.15) is 17.1 Å². The number of H-pyrrole nitrogens is 1. The number of rotatable bonds is 14. The Bertz CT molecular complexity index is 1490. The molecule has 2 aliphatic rings. The molecule has 0 saturated heterocycles. The molecule has 1 atom stereocenters. The van der Waals surface area contributed by atoms with Crippen LogP contribution in [0.4, 0.5) is 4.39 Å². The van der Waals surface area contributed by atoms with Gasteiger partial charge in [-0.1, -0.05) is 29.5 Å². The summed E-state index contributed by atoms with van der Waals surface area (Å²) in [6, 6.07) is 10.1. The number of phenols is 1. The van der Waals surface area contributed by atoms with Crippen molar-refractivity contribution in [2.45, 2.75) is 51.4 Å². The number of aromatic nitrogens is 1. The van der Waals surface area contributed by atoms with Gasteiger partial charge in [0.05, 0.1) is 4.70 Å². The number of benzene rings is 2. The Morgan fingerprint density at radius 3 is 2.83 bits per heavy atom. The summed E-state index contributed by atoms with van der Waals surface area (Å²) in [5.41, 5.74) is 8.76. The predicted octanol–water partition coefficient (Wildman–Crippen LogP) is 4.66. The Labute approximate surface area is 244 Å². The largest absolute Gasteiger partial charge is 0.506 e. The van der Waals surface area contributed by atoms with Crippen LogP contribution in [0.15, 0.2) is 58.1 Å². The smallest absolute Gasteiger partial charge is 0.305 e. The zero-order valence-corrected chi connectivity index (χ0v) is 24.3. The van der Waals surface area contributed by atoms with Crippen LogP contribution in [0.5, 0.6) is 5.75 Å². The van der Waals surface area contributed by atoms with E-state index in [9.17, 15) is 19.1 Å². The second kappa shape index (κ2) is 14.1. The number of carbonyl (C=O) groups excluding carboxylic acids is 1. The van der Waals surface area contributed by atoms with E-state index in [0.29, 0.717) is 70.0 Å². The molecule has 1 fully saturated rings. The Morgan fingerprint density at radius 1 is 1.12 bits per heavy atom. The van der Waals surface area contributed by atoms with Gasteiger partial charge in [-0.2, -0.15) is 0 Å². The number of hydrogen-bond donors (Lipinski definition) is 4. The second-order valence-corrected chi connectivity index (χ2v) is 12.1. The lowest BCUT2D eigenvalue weighted by Crippen LogP contribution is -2.40. The van der Waals surface area contributed by atoms with E-state index < -0.39 is 0 Å². The van der Waals surface area contributed by atoms with Crippen molar-refractivity contribution in [2.75, 3.05) is 39.3 Å². The average Bonchev–Trinajstić information content (AvgIpc) is 3.35. The maximum absolute atomic E-state index is 13.4. The summed E-state index contributed by atoms with van der Waals surface area (Å²) in [4.78, 5) is 29.6. The summed E-state index contributed by atoms with van der Waals surface area (Å²) in [6.45, 7) is 3.87. The molecule has 3 aromatic rings. The van der Waals surface area contributed by atoms with Crippen molar-refractivity contribution in [1.82, 2.24) is 20.5 Å². The first kappa shape index (κ1) is 29.3. The minimum absolute atomic E-state index is 0.0868. The zero-order valence-electron chi connectivity index (χ0n) is 23.4. The number of aromatic amines is 1. The Morgan fingerprint density at radius 2 is 1.98 bits per heavy atom. The lowest BCUT2D eigenvalue weighted by atomic mass is 9.78. The molecule has 0 radical (unpaired) electrons. The van der Waals surface area contributed by atoms with Crippen LogP contribution in [0.2, 0.25) is 0 Å². The number of nitrogens with zero attached hydrogens (tertiary/aromatic N) is 1. The molecule has 2 aromatic carbocycles. The van der Waals surface area contributed by atoms with Crippen molar-refractivity contribution in [1.29, 1.82) is 0 Å². The molecule has 0 aliphatic heterocycles. The Kier molecular flexibility index (Phi) is 10.1. The average molecular weight is 579 g/mol. The summed E-state index contributed by atoms with van der Waals surface area (Å²) in [6.07, 6.45) is 7.68. The summed E-state index contributed by atoms with van der Waals surface area (Å²) >= 11 is 1.12. The fraction of sp³-hybridized carbons (Fsp3) is 0.469. The molecule has 2 aliphatic carbocycles. The molecular formula is C32H39FN4O3S. The maximum Gasteiger partial charge on any atom is 0.305 e. The molecule has 1 unspecified atom stereocenters. The highest BCUT2D eigenvalue weighted by atomic mass is 32.1. The highest BCUT2D eigenvalue weighted by Crippen LogP contribution is 2.36. The van der Waals surface area contributed by atoms with Gasteiger partial charge in [-0.25, -0.2) is 4.39 Å². The van der Waals surface area contributed by atoms with Gasteiger partial charge in [0.15, 0.2) is 0 Å². The third-order valence-electron chi connectivity index (χ3n) is 8.01. The molecule has 4 N–H and O–H groups in total. The fourth-order valence-electron chi connectivity index (χ4n) is 5.96. The second-order valence-electron chi connectivity index (χ2n) is 11.2. The standard InChI is InChI=1S/C32H39FN4O3S/c33-27-6-2-3-22(20-27)9-12-34-14-11-29(39)37(21-25-18-23-4-1-5-24(17-23)19-25)16-15-35-13-10-26-7-8-28(38)30-31(26)41-32(40)36-30/h2-3,6-8,20,23,34-35,38H,1,4-5,9-18,21H2,(H,36,40). The normalized spacial score (nSPS) is 16.5. The summed E-state index contributed by atoms with van der Waals surface area (Å²) < 4.78 is 14.2. The highest BCUT2D eigenvalue weighted by Gasteiger charge is 2.24. The minimum atomic E-state index is -0.226. The van der Waals surface area contributed by atoms with Gasteiger partial charge in [0, 0.05) is 32.6 Å². The molecule has 1 amide bonds. The third kappa shape index (κ3) is 8.17. The van der Waals surface area contributed by atoms with E-state index in [1.54, 1.807) is 18.2 Å². The van der Waals surface area contributed by atoms with Crippen LogP contribution in [-0.4, -0.2) is 60.2 Å². The van der Waals surface area contributed by atoms with E-state index in [-0.39, 0.29) is 22.3 Å². The minimum Gasteiger partial charge on any atom is -0.506 e. The van der Waals surface area contributed by atoms with E-state index >= 15 is 0 Å². The molecule has 1 heterocycles. The molecule has 1 aromatic heterocycles. The molecule has 9 heteroatoms. The number of amides is 1. The topological polar surface area (TPSA) is 97.5 Å². The van der Waals surface area contributed by atoms with E-state index in [4.69, 9.17) is 0 Å². The quantitative estimate of drug-likeness (QED) is 0.165. The van der Waals surface area contributed by atoms with E-state index in [1.165, 1.54) is 30.1 Å². The summed E-state index contributed by atoms with van der Waals surface area (Å²) in [5, 5.41) is 16.8. The molecule has 1 saturated carbocycles. The first-order chi connectivity index (χ1) is 19.9. The number of aromatic hydroxyl groups is 1. The monoisotopic (exact) mass is 578 g/mol. The first-order valence-electron chi connectivity index (χ1n) is 14.7. The van der Waals surface area contributed by atoms with Crippen molar-refractivity contribution < 1.29 is 14.3 Å². The van der Waals surface area contributed by atoms with E-state index in [0.717, 1.165) is 46.4 Å². The van der Waals surface area contributed by atoms with Gasteiger partial charge < -0.3 is 25.6 Å². The van der Waals surface area contributed by atoms with Crippen molar-refractivity contribution in [3.63, 3.8) is 0 Å². The van der Waals surface area contributed by atoms with Crippen LogP contribution in [0.3, 0.4) is 0 Å². The maximum atomic E-state index is 13.4. The Balaban J connectivity index is 1.12. The predicted molar refractivity (Wildman–Crippen MR) is 162 cm³/mol. The number of thiazole rings is 1. The number of fused-ring (bicyclic) bond motifs is 3. The van der Waals surface area contributed by atoms with Crippen LogP contribution in [-0.2, 0) is 17.6 Å². The van der Waals surface area contributed by atoms with Crippen LogP contribution in [0.25, 0.3) is 10.2 Å². The van der Waals surface area contributed by atoms with Gasteiger partial charge >= 0.3 is 4.87 Å². The van der Waals surface area contributed by atoms with Gasteiger partial charge in [0.25, 0.3) is 0 Å². The van der Waals surface area contributed by atoms with Gasteiger partial charge in [-0.05, 0) is 104 Å². The van der Waals surface area contributed by atoms with Crippen LogP contribution in [0, 0.1) is 11.7 Å². The van der Waals surface area contributed by atoms with Crippen molar-refractivity contribution in [3.05, 3.63) is 79.9 Å². The molecule has 218 valence electrons. The van der Waals surface area contributed by atoms with E-state index in [2.05, 4.69) is 21.3 Å². The fourth-order valence-corrected chi connectivity index (χ4v) is 6.85. The van der Waals surface area contributed by atoms with E-state index in [1.807, 2.05) is 17.0 Å². The SMILES string of the molecule is O=C(CCNCCc1cccc(F)c1)N(CCNCCc1ccc(O)c2[nH]c(=O)sc12)CC1=C=C2CCCC(C2)C1. The summed E-state index contributed by atoms with van der Waals surface area (Å²) in [5.74, 6) is 0.679. The Hall–Kier alpha value is -3.23. The van der Waals surface area contributed by atoms with Gasteiger partial charge in [-0.3, -0.25) is 9.59 Å². The van der Waals surface area contributed by atoms with Crippen LogP contribution < -0.4 is 15.5 Å². The summed E-state index contributed by atoms with van der Waals surface area (Å²) in [7, 11) is 0. The highest BCUT2D eigenvalue weighted by molar-refractivity contribution is 7.16. The van der Waals surface area contributed by atoms with Crippen molar-refractivity contribution in [3.8, 4) is 5.75 Å². The molecule has 7 nitrogen and oxygen atoms in total. The molecule has 41 heavy (non-hydrogen) atoms. The van der Waals surface area contributed by atoms with Crippen molar-refractivity contribution in [2.24, 2.45) is 5.92 Å². The first-order valence-corrected chi connectivity index (χ1v) is 15.5. The lowest BCUT2D eigenvalue weighted by Gasteiger charge is -2.30. The number of halogens is 1.